The van der Waals surface area contributed by atoms with Crippen molar-refractivity contribution in [1.29, 1.82) is 0 Å². The second-order valence-electron chi connectivity index (χ2n) is 4.86. The van der Waals surface area contributed by atoms with Crippen LogP contribution in [0.25, 0.3) is 11.3 Å². The lowest BCUT2D eigenvalue weighted by atomic mass is 10.1. The van der Waals surface area contributed by atoms with Crippen LogP contribution < -0.4 is 4.74 Å². The molecule has 3 aromatic rings. The molecule has 3 rings (SSSR count). The number of hydrogen-bond donors (Lipinski definition) is 0. The Morgan fingerprint density at radius 3 is 2.29 bits per heavy atom. The third kappa shape index (κ3) is 4.42. The van der Waals surface area contributed by atoms with E-state index in [1.54, 1.807) is 24.4 Å². The highest BCUT2D eigenvalue weighted by Gasteiger charge is 2.07. The Morgan fingerprint density at radius 2 is 1.75 bits per heavy atom. The summed E-state index contributed by atoms with van der Waals surface area (Å²) in [5.74, 6) is 0.906. The fourth-order valence-electron chi connectivity index (χ4n) is 2.15. The van der Waals surface area contributed by atoms with Gasteiger partial charge in [-0.05, 0) is 25.1 Å². The third-order valence-electron chi connectivity index (χ3n) is 3.25. The molecular formula is C18H19N3O3. The second-order valence-corrected chi connectivity index (χ2v) is 4.86. The van der Waals surface area contributed by atoms with Gasteiger partial charge in [0.2, 0.25) is 0 Å². The topological polar surface area (TPSA) is 70.2 Å². The maximum absolute atomic E-state index is 10.0. The number of hydrogen-bond acceptors (Lipinski definition) is 4. The molecule has 1 aromatic heterocycles. The molecule has 0 radical (unpaired) electrons. The van der Waals surface area contributed by atoms with Gasteiger partial charge in [0.25, 0.3) is 5.69 Å². The standard InChI is InChI=1S/C12H14N2O.C6H5NO2/c1-3-15-12-7-5-4-6-10(12)11-8-9-13-14(11)2;8-7(9)6-4-2-1-3-5-6/h4-9H,3H2,1-2H3;1-5H. The average Bonchev–Trinajstić information content (AvgIpc) is 3.03. The van der Waals surface area contributed by atoms with Gasteiger partial charge in [0.05, 0.1) is 17.2 Å². The lowest BCUT2D eigenvalue weighted by molar-refractivity contribution is -0.384. The van der Waals surface area contributed by atoms with E-state index < -0.39 is 4.92 Å². The smallest absolute Gasteiger partial charge is 0.269 e. The molecule has 2 aromatic carbocycles. The Morgan fingerprint density at radius 1 is 1.08 bits per heavy atom. The van der Waals surface area contributed by atoms with E-state index in [0.29, 0.717) is 6.61 Å². The summed E-state index contributed by atoms with van der Waals surface area (Å²) in [5.41, 5.74) is 2.29. The fraction of sp³-hybridized carbons (Fsp3) is 0.167. The van der Waals surface area contributed by atoms with Crippen LogP contribution in [0.4, 0.5) is 5.69 Å². The Bertz CT molecular complexity index is 785. The predicted molar refractivity (Wildman–Crippen MR) is 92.9 cm³/mol. The number of aromatic nitrogens is 2. The molecule has 0 fully saturated rings. The number of nitro groups is 1. The zero-order valence-corrected chi connectivity index (χ0v) is 13.6. The highest BCUT2D eigenvalue weighted by atomic mass is 16.6. The monoisotopic (exact) mass is 325 g/mol. The maximum Gasteiger partial charge on any atom is 0.269 e. The lowest BCUT2D eigenvalue weighted by Crippen LogP contribution is -1.97. The molecule has 0 saturated carbocycles. The fourth-order valence-corrected chi connectivity index (χ4v) is 2.15. The van der Waals surface area contributed by atoms with Gasteiger partial charge in [-0.15, -0.1) is 0 Å². The minimum absolute atomic E-state index is 0.137. The van der Waals surface area contributed by atoms with Crippen molar-refractivity contribution in [1.82, 2.24) is 9.78 Å². The van der Waals surface area contributed by atoms with Crippen LogP contribution in [-0.2, 0) is 7.05 Å². The van der Waals surface area contributed by atoms with E-state index in [0.717, 1.165) is 17.0 Å². The molecule has 6 nitrogen and oxygen atoms in total. The summed E-state index contributed by atoms with van der Waals surface area (Å²) >= 11 is 0. The van der Waals surface area contributed by atoms with Crippen LogP contribution in [0, 0.1) is 10.1 Å². The van der Waals surface area contributed by atoms with E-state index in [1.165, 1.54) is 12.1 Å². The number of benzene rings is 2. The first-order valence-corrected chi connectivity index (χ1v) is 7.53. The maximum atomic E-state index is 10.0. The van der Waals surface area contributed by atoms with Gasteiger partial charge < -0.3 is 4.74 Å². The molecule has 0 amide bonds. The van der Waals surface area contributed by atoms with Gasteiger partial charge in [-0.2, -0.15) is 5.10 Å². The number of ether oxygens (including phenoxy) is 1. The van der Waals surface area contributed by atoms with Gasteiger partial charge in [0.15, 0.2) is 0 Å². The summed E-state index contributed by atoms with van der Waals surface area (Å²) in [7, 11) is 1.93. The Kier molecular flexibility index (Phi) is 6.08. The Hall–Kier alpha value is -3.15. The van der Waals surface area contributed by atoms with E-state index in [1.807, 2.05) is 49.0 Å². The van der Waals surface area contributed by atoms with Crippen molar-refractivity contribution >= 4 is 5.69 Å². The van der Waals surface area contributed by atoms with E-state index in [-0.39, 0.29) is 5.69 Å². The number of non-ortho nitro benzene ring substituents is 1. The first-order valence-electron chi connectivity index (χ1n) is 7.53. The quantitative estimate of drug-likeness (QED) is 0.535. The summed E-state index contributed by atoms with van der Waals surface area (Å²) in [6, 6.07) is 17.9. The van der Waals surface area contributed by atoms with Crippen molar-refractivity contribution in [2.45, 2.75) is 6.92 Å². The van der Waals surface area contributed by atoms with Crippen LogP contribution in [0.5, 0.6) is 5.75 Å². The van der Waals surface area contributed by atoms with Crippen molar-refractivity contribution in [3.05, 3.63) is 77.0 Å². The van der Waals surface area contributed by atoms with Crippen molar-refractivity contribution in [3.8, 4) is 17.0 Å². The molecule has 1 heterocycles. The van der Waals surface area contributed by atoms with Crippen LogP contribution in [0.1, 0.15) is 6.92 Å². The van der Waals surface area contributed by atoms with E-state index >= 15 is 0 Å². The minimum atomic E-state index is -0.417. The number of para-hydroxylation sites is 2. The normalized spacial score (nSPS) is 9.75. The van der Waals surface area contributed by atoms with Crippen molar-refractivity contribution in [2.24, 2.45) is 7.05 Å². The second kappa shape index (κ2) is 8.47. The lowest BCUT2D eigenvalue weighted by Gasteiger charge is -2.09. The zero-order valence-electron chi connectivity index (χ0n) is 13.6. The van der Waals surface area contributed by atoms with Gasteiger partial charge in [0.1, 0.15) is 5.75 Å². The zero-order chi connectivity index (χ0) is 17.4. The highest BCUT2D eigenvalue weighted by molar-refractivity contribution is 5.67. The van der Waals surface area contributed by atoms with Crippen molar-refractivity contribution in [3.63, 3.8) is 0 Å². The summed E-state index contributed by atoms with van der Waals surface area (Å²) in [4.78, 5) is 9.59. The summed E-state index contributed by atoms with van der Waals surface area (Å²) in [6.07, 6.45) is 1.79. The molecule has 0 aliphatic carbocycles. The van der Waals surface area contributed by atoms with Gasteiger partial charge in [-0.25, -0.2) is 0 Å². The van der Waals surface area contributed by atoms with Crippen LogP contribution in [0.15, 0.2) is 66.9 Å². The van der Waals surface area contributed by atoms with E-state index in [9.17, 15) is 10.1 Å². The summed E-state index contributed by atoms with van der Waals surface area (Å²) in [5, 5.41) is 14.2. The molecule has 6 heteroatoms. The third-order valence-corrected chi connectivity index (χ3v) is 3.25. The molecule has 0 saturated heterocycles. The largest absolute Gasteiger partial charge is 0.493 e. The van der Waals surface area contributed by atoms with Gasteiger partial charge in [0, 0.05) is 30.9 Å². The van der Waals surface area contributed by atoms with E-state index in [2.05, 4.69) is 5.10 Å². The van der Waals surface area contributed by atoms with Gasteiger partial charge in [-0.1, -0.05) is 30.3 Å². The average molecular weight is 325 g/mol. The molecular weight excluding hydrogens is 306 g/mol. The molecule has 24 heavy (non-hydrogen) atoms. The number of aryl methyl sites for hydroxylation is 1. The van der Waals surface area contributed by atoms with Crippen LogP contribution >= 0.6 is 0 Å². The van der Waals surface area contributed by atoms with Crippen LogP contribution in [0.3, 0.4) is 0 Å². The number of nitrogens with zero attached hydrogens (tertiary/aromatic N) is 3. The molecule has 0 N–H and O–H groups in total. The molecule has 0 spiro atoms. The summed E-state index contributed by atoms with van der Waals surface area (Å²) in [6.45, 7) is 2.66. The first-order chi connectivity index (χ1) is 11.6. The number of nitro benzene ring substituents is 1. The SMILES string of the molecule is CCOc1ccccc1-c1ccnn1C.O=[N+]([O-])c1ccccc1. The van der Waals surface area contributed by atoms with Gasteiger partial charge in [-0.3, -0.25) is 14.8 Å². The Balaban J connectivity index is 0.000000198. The molecule has 124 valence electrons. The summed E-state index contributed by atoms with van der Waals surface area (Å²) < 4.78 is 7.42. The first kappa shape index (κ1) is 17.2. The molecule has 0 unspecified atom stereocenters. The van der Waals surface area contributed by atoms with Crippen LogP contribution in [-0.4, -0.2) is 21.3 Å². The van der Waals surface area contributed by atoms with E-state index in [4.69, 9.17) is 4.74 Å². The van der Waals surface area contributed by atoms with Gasteiger partial charge >= 0.3 is 0 Å². The molecule has 0 aliphatic heterocycles. The Labute approximate surface area is 140 Å². The van der Waals surface area contributed by atoms with Crippen LogP contribution in [0.2, 0.25) is 0 Å². The highest BCUT2D eigenvalue weighted by Crippen LogP contribution is 2.28. The molecule has 0 aliphatic rings. The number of rotatable bonds is 4. The molecule has 0 bridgehead atoms. The molecule has 0 atom stereocenters. The van der Waals surface area contributed by atoms with Crippen molar-refractivity contribution < 1.29 is 9.66 Å². The van der Waals surface area contributed by atoms with Crippen molar-refractivity contribution in [2.75, 3.05) is 6.61 Å². The predicted octanol–water partition coefficient (Wildman–Crippen LogP) is 4.08. The minimum Gasteiger partial charge on any atom is -0.493 e.